The lowest BCUT2D eigenvalue weighted by atomic mass is 10.0. The Bertz CT molecular complexity index is 900. The van der Waals surface area contributed by atoms with Crippen molar-refractivity contribution in [3.63, 3.8) is 0 Å². The Kier molecular flexibility index (Phi) is 4.03. The fraction of sp³-hybridized carbons (Fsp3) is 0.421. The van der Waals surface area contributed by atoms with E-state index < -0.39 is 0 Å². The lowest BCUT2D eigenvalue weighted by Crippen LogP contribution is -2.43. The van der Waals surface area contributed by atoms with E-state index in [9.17, 15) is 0 Å². The first kappa shape index (κ1) is 15.9. The van der Waals surface area contributed by atoms with Crippen LogP contribution in [0.1, 0.15) is 24.1 Å². The van der Waals surface area contributed by atoms with Crippen LogP contribution in [0, 0.1) is 13.8 Å². The standard InChI is InChI=1S/C19H24N6/c1-13-6-4-8-16-18(13)20-12-21-19(16)22-15-7-5-9-25(11-15)17-10-14(2)23-24(17)3/h4,6,8,10,12,15H,5,7,9,11H2,1-3H3,(H,20,21,22). The molecule has 6 heteroatoms. The number of hydrogen-bond donors (Lipinski definition) is 1. The van der Waals surface area contributed by atoms with Crippen LogP contribution in [-0.4, -0.2) is 38.9 Å². The summed E-state index contributed by atoms with van der Waals surface area (Å²) < 4.78 is 1.97. The molecule has 3 heterocycles. The van der Waals surface area contributed by atoms with Crippen molar-refractivity contribution in [2.75, 3.05) is 23.3 Å². The Morgan fingerprint density at radius 3 is 2.88 bits per heavy atom. The van der Waals surface area contributed by atoms with Crippen LogP contribution < -0.4 is 10.2 Å². The first-order chi connectivity index (χ1) is 12.1. The highest BCUT2D eigenvalue weighted by Gasteiger charge is 2.23. The van der Waals surface area contributed by atoms with Gasteiger partial charge in [-0.05, 0) is 38.3 Å². The van der Waals surface area contributed by atoms with Crippen LogP contribution in [0.3, 0.4) is 0 Å². The monoisotopic (exact) mass is 336 g/mol. The van der Waals surface area contributed by atoms with E-state index in [-0.39, 0.29) is 0 Å². The van der Waals surface area contributed by atoms with Gasteiger partial charge in [-0.15, -0.1) is 0 Å². The minimum atomic E-state index is 0.363. The van der Waals surface area contributed by atoms with Gasteiger partial charge >= 0.3 is 0 Å². The summed E-state index contributed by atoms with van der Waals surface area (Å²) in [4.78, 5) is 11.4. The minimum absolute atomic E-state index is 0.363. The van der Waals surface area contributed by atoms with Gasteiger partial charge < -0.3 is 10.2 Å². The summed E-state index contributed by atoms with van der Waals surface area (Å²) in [6.45, 7) is 6.15. The van der Waals surface area contributed by atoms with Gasteiger partial charge in [0.2, 0.25) is 0 Å². The first-order valence-corrected chi connectivity index (χ1v) is 8.84. The molecule has 1 aromatic carbocycles. The zero-order chi connectivity index (χ0) is 17.4. The molecule has 1 aliphatic heterocycles. The molecule has 3 aromatic rings. The Balaban J connectivity index is 1.57. The second-order valence-electron chi connectivity index (χ2n) is 6.89. The van der Waals surface area contributed by atoms with Crippen LogP contribution in [0.15, 0.2) is 30.6 Å². The van der Waals surface area contributed by atoms with Gasteiger partial charge in [-0.3, -0.25) is 4.68 Å². The molecule has 6 nitrogen and oxygen atoms in total. The zero-order valence-electron chi connectivity index (χ0n) is 15.0. The van der Waals surface area contributed by atoms with Gasteiger partial charge in [0, 0.05) is 37.6 Å². The average molecular weight is 336 g/mol. The molecule has 25 heavy (non-hydrogen) atoms. The van der Waals surface area contributed by atoms with Crippen LogP contribution in [0.2, 0.25) is 0 Å². The van der Waals surface area contributed by atoms with Crippen LogP contribution in [0.25, 0.3) is 10.9 Å². The van der Waals surface area contributed by atoms with Crippen molar-refractivity contribution in [2.45, 2.75) is 32.7 Å². The van der Waals surface area contributed by atoms with E-state index in [2.05, 4.69) is 56.5 Å². The zero-order valence-corrected chi connectivity index (χ0v) is 15.0. The number of piperidine rings is 1. The van der Waals surface area contributed by atoms with Gasteiger partial charge in [0.05, 0.1) is 11.2 Å². The number of nitrogens with one attached hydrogen (secondary N) is 1. The molecule has 1 aliphatic rings. The molecule has 0 bridgehead atoms. The maximum absolute atomic E-state index is 4.50. The Morgan fingerprint density at radius 2 is 2.08 bits per heavy atom. The molecule has 0 radical (unpaired) electrons. The summed E-state index contributed by atoms with van der Waals surface area (Å²) in [5.74, 6) is 2.12. The highest BCUT2D eigenvalue weighted by atomic mass is 15.4. The average Bonchev–Trinajstić information content (AvgIpc) is 2.95. The van der Waals surface area contributed by atoms with Gasteiger partial charge in [-0.25, -0.2) is 9.97 Å². The third kappa shape index (κ3) is 3.04. The van der Waals surface area contributed by atoms with Gasteiger partial charge in [0.25, 0.3) is 0 Å². The fourth-order valence-electron chi connectivity index (χ4n) is 3.74. The molecular formula is C19H24N6. The summed E-state index contributed by atoms with van der Waals surface area (Å²) in [5, 5.41) is 9.23. The van der Waals surface area contributed by atoms with Crippen molar-refractivity contribution in [3.8, 4) is 0 Å². The smallest absolute Gasteiger partial charge is 0.137 e. The molecule has 1 unspecified atom stereocenters. The molecule has 1 saturated heterocycles. The number of anilines is 2. The Hall–Kier alpha value is -2.63. The molecule has 0 aliphatic carbocycles. The number of benzene rings is 1. The van der Waals surface area contributed by atoms with Crippen molar-refractivity contribution in [3.05, 3.63) is 41.9 Å². The number of aryl methyl sites for hydroxylation is 3. The quantitative estimate of drug-likeness (QED) is 0.796. The van der Waals surface area contributed by atoms with Crippen LogP contribution in [0.5, 0.6) is 0 Å². The summed E-state index contributed by atoms with van der Waals surface area (Å²) in [7, 11) is 2.01. The maximum atomic E-state index is 4.50. The first-order valence-electron chi connectivity index (χ1n) is 8.84. The van der Waals surface area contributed by atoms with E-state index in [0.717, 1.165) is 48.3 Å². The highest BCUT2D eigenvalue weighted by Crippen LogP contribution is 2.25. The summed E-state index contributed by atoms with van der Waals surface area (Å²) >= 11 is 0. The van der Waals surface area contributed by atoms with E-state index in [1.54, 1.807) is 6.33 Å². The fourth-order valence-corrected chi connectivity index (χ4v) is 3.74. The van der Waals surface area contributed by atoms with E-state index in [0.29, 0.717) is 6.04 Å². The number of rotatable bonds is 3. The molecule has 0 spiro atoms. The minimum Gasteiger partial charge on any atom is -0.365 e. The number of para-hydroxylation sites is 1. The normalized spacial score (nSPS) is 17.9. The van der Waals surface area contributed by atoms with Gasteiger partial charge in [-0.2, -0.15) is 5.10 Å². The molecule has 2 aromatic heterocycles. The lowest BCUT2D eigenvalue weighted by molar-refractivity contribution is 0.518. The predicted molar refractivity (Wildman–Crippen MR) is 101 cm³/mol. The molecule has 130 valence electrons. The number of hydrogen-bond acceptors (Lipinski definition) is 5. The molecule has 0 amide bonds. The van der Waals surface area contributed by atoms with E-state index >= 15 is 0 Å². The summed E-state index contributed by atoms with van der Waals surface area (Å²) in [5.41, 5.74) is 3.26. The van der Waals surface area contributed by atoms with Crippen molar-refractivity contribution in [1.29, 1.82) is 0 Å². The number of fused-ring (bicyclic) bond motifs is 1. The van der Waals surface area contributed by atoms with Crippen molar-refractivity contribution in [2.24, 2.45) is 7.05 Å². The lowest BCUT2D eigenvalue weighted by Gasteiger charge is -2.34. The van der Waals surface area contributed by atoms with E-state index in [1.807, 2.05) is 18.7 Å². The van der Waals surface area contributed by atoms with E-state index in [1.165, 1.54) is 11.4 Å². The van der Waals surface area contributed by atoms with Crippen molar-refractivity contribution in [1.82, 2.24) is 19.7 Å². The van der Waals surface area contributed by atoms with Crippen LogP contribution in [0.4, 0.5) is 11.6 Å². The van der Waals surface area contributed by atoms with Gasteiger partial charge in [0.15, 0.2) is 0 Å². The van der Waals surface area contributed by atoms with Crippen LogP contribution >= 0.6 is 0 Å². The summed E-state index contributed by atoms with van der Waals surface area (Å²) in [6.07, 6.45) is 3.96. The molecule has 1 atom stereocenters. The summed E-state index contributed by atoms with van der Waals surface area (Å²) in [6, 6.07) is 8.77. The molecule has 4 rings (SSSR count). The topological polar surface area (TPSA) is 58.9 Å². The molecular weight excluding hydrogens is 312 g/mol. The van der Waals surface area contributed by atoms with Crippen LogP contribution in [-0.2, 0) is 7.05 Å². The maximum Gasteiger partial charge on any atom is 0.137 e. The SMILES string of the molecule is Cc1cc(N2CCCC(Nc3ncnc4c(C)cccc34)C2)n(C)n1. The Labute approximate surface area is 147 Å². The largest absolute Gasteiger partial charge is 0.365 e. The second-order valence-corrected chi connectivity index (χ2v) is 6.89. The second kappa shape index (κ2) is 6.35. The third-order valence-electron chi connectivity index (χ3n) is 4.93. The molecule has 1 fully saturated rings. The molecule has 0 saturated carbocycles. The number of nitrogens with zero attached hydrogens (tertiary/aromatic N) is 5. The third-order valence-corrected chi connectivity index (χ3v) is 4.93. The van der Waals surface area contributed by atoms with Crippen molar-refractivity contribution < 1.29 is 0 Å². The predicted octanol–water partition coefficient (Wildman–Crippen LogP) is 3.06. The van der Waals surface area contributed by atoms with Gasteiger partial charge in [0.1, 0.15) is 18.0 Å². The van der Waals surface area contributed by atoms with E-state index in [4.69, 9.17) is 0 Å². The molecule has 1 N–H and O–H groups in total. The number of aromatic nitrogens is 4. The Morgan fingerprint density at radius 1 is 1.20 bits per heavy atom. The van der Waals surface area contributed by atoms with Gasteiger partial charge in [-0.1, -0.05) is 12.1 Å². The highest BCUT2D eigenvalue weighted by molar-refractivity contribution is 5.90. The van der Waals surface area contributed by atoms with Crippen molar-refractivity contribution >= 4 is 22.5 Å².